The summed E-state index contributed by atoms with van der Waals surface area (Å²) in [5.74, 6) is 0.920. The molecule has 0 radical (unpaired) electrons. The quantitative estimate of drug-likeness (QED) is 0.673. The minimum Gasteiger partial charge on any atom is -0.302 e. The molecule has 0 N–H and O–H groups in total. The zero-order valence-electron chi connectivity index (χ0n) is 8.96. The van der Waals surface area contributed by atoms with E-state index in [0.717, 1.165) is 38.0 Å². The van der Waals surface area contributed by atoms with Crippen molar-refractivity contribution in [2.75, 3.05) is 6.54 Å². The summed E-state index contributed by atoms with van der Waals surface area (Å²) in [6.07, 6.45) is 5.90. The van der Waals surface area contributed by atoms with Crippen LogP contribution in [-0.2, 0) is 18.4 Å². The Bertz CT molecular complexity index is 336. The first kappa shape index (κ1) is 10.3. The first-order chi connectivity index (χ1) is 7.31. The molecule has 1 aliphatic heterocycles. The SMILES string of the molecule is Cn1ncnc1CN1CCCCC1C=O. The number of aromatic nitrogens is 3. The largest absolute Gasteiger partial charge is 0.302 e. The van der Waals surface area contributed by atoms with Gasteiger partial charge in [-0.2, -0.15) is 5.10 Å². The van der Waals surface area contributed by atoms with Gasteiger partial charge in [-0.15, -0.1) is 0 Å². The van der Waals surface area contributed by atoms with Gasteiger partial charge in [0.05, 0.1) is 12.6 Å². The molecule has 2 heterocycles. The van der Waals surface area contributed by atoms with Gasteiger partial charge >= 0.3 is 0 Å². The molecule has 1 aromatic rings. The lowest BCUT2D eigenvalue weighted by atomic mass is 10.0. The maximum Gasteiger partial charge on any atom is 0.140 e. The summed E-state index contributed by atoms with van der Waals surface area (Å²) in [6, 6.07) is 0.0652. The number of hydrogen-bond acceptors (Lipinski definition) is 4. The van der Waals surface area contributed by atoms with Crippen LogP contribution in [0.15, 0.2) is 6.33 Å². The highest BCUT2D eigenvalue weighted by molar-refractivity contribution is 5.57. The van der Waals surface area contributed by atoms with E-state index in [9.17, 15) is 4.79 Å². The van der Waals surface area contributed by atoms with E-state index in [1.54, 1.807) is 11.0 Å². The van der Waals surface area contributed by atoms with Gasteiger partial charge in [0.2, 0.25) is 0 Å². The Hall–Kier alpha value is -1.23. The van der Waals surface area contributed by atoms with Crippen molar-refractivity contribution in [1.82, 2.24) is 19.7 Å². The summed E-state index contributed by atoms with van der Waals surface area (Å²) < 4.78 is 1.76. The first-order valence-electron chi connectivity index (χ1n) is 5.33. The van der Waals surface area contributed by atoms with Gasteiger partial charge < -0.3 is 4.79 Å². The number of rotatable bonds is 3. The predicted molar refractivity (Wildman–Crippen MR) is 55.1 cm³/mol. The molecule has 0 aliphatic carbocycles. The van der Waals surface area contributed by atoms with E-state index in [1.807, 2.05) is 7.05 Å². The van der Waals surface area contributed by atoms with Crippen LogP contribution in [0.3, 0.4) is 0 Å². The fraction of sp³-hybridized carbons (Fsp3) is 0.700. The fourth-order valence-electron chi connectivity index (χ4n) is 2.01. The van der Waals surface area contributed by atoms with Gasteiger partial charge in [0, 0.05) is 7.05 Å². The van der Waals surface area contributed by atoms with Crippen LogP contribution < -0.4 is 0 Å². The van der Waals surface area contributed by atoms with Crippen LogP contribution in [0.4, 0.5) is 0 Å². The Morgan fingerprint density at radius 2 is 2.47 bits per heavy atom. The smallest absolute Gasteiger partial charge is 0.140 e. The van der Waals surface area contributed by atoms with Gasteiger partial charge in [0.25, 0.3) is 0 Å². The van der Waals surface area contributed by atoms with Crippen molar-refractivity contribution in [1.29, 1.82) is 0 Å². The van der Waals surface area contributed by atoms with Gasteiger partial charge in [-0.1, -0.05) is 6.42 Å². The molecule has 5 nitrogen and oxygen atoms in total. The van der Waals surface area contributed by atoms with Crippen LogP contribution in [-0.4, -0.2) is 38.5 Å². The minimum absolute atomic E-state index is 0.0652. The molecule has 1 atom stereocenters. The average Bonchev–Trinajstić information content (AvgIpc) is 2.65. The first-order valence-corrected chi connectivity index (χ1v) is 5.33. The van der Waals surface area contributed by atoms with Crippen molar-refractivity contribution in [3.8, 4) is 0 Å². The van der Waals surface area contributed by atoms with E-state index < -0.39 is 0 Å². The summed E-state index contributed by atoms with van der Waals surface area (Å²) in [6.45, 7) is 1.70. The standard InChI is InChI=1S/C10H16N4O/c1-13-10(11-8-12-13)6-14-5-3-2-4-9(14)7-15/h7-9H,2-6H2,1H3. The number of aldehydes is 1. The van der Waals surface area contributed by atoms with Crippen LogP contribution in [0.2, 0.25) is 0 Å². The molecule has 1 aliphatic rings. The maximum absolute atomic E-state index is 10.9. The highest BCUT2D eigenvalue weighted by Gasteiger charge is 2.22. The Morgan fingerprint density at radius 1 is 1.60 bits per heavy atom. The second-order valence-corrected chi connectivity index (χ2v) is 3.97. The molecule has 15 heavy (non-hydrogen) atoms. The monoisotopic (exact) mass is 208 g/mol. The molecule has 1 unspecified atom stereocenters. The molecular formula is C10H16N4O. The van der Waals surface area contributed by atoms with Crippen LogP contribution in [0, 0.1) is 0 Å². The third-order valence-electron chi connectivity index (χ3n) is 2.97. The van der Waals surface area contributed by atoms with Gasteiger partial charge in [0.1, 0.15) is 18.4 Å². The molecule has 0 spiro atoms. The number of piperidine rings is 1. The van der Waals surface area contributed by atoms with Crippen molar-refractivity contribution in [3.63, 3.8) is 0 Å². The fourth-order valence-corrected chi connectivity index (χ4v) is 2.01. The van der Waals surface area contributed by atoms with Gasteiger partial charge in [-0.05, 0) is 19.4 Å². The van der Waals surface area contributed by atoms with Gasteiger partial charge in [0.15, 0.2) is 0 Å². The lowest BCUT2D eigenvalue weighted by Crippen LogP contribution is -2.40. The number of nitrogens with zero attached hydrogens (tertiary/aromatic N) is 4. The molecule has 1 fully saturated rings. The Morgan fingerprint density at radius 3 is 3.13 bits per heavy atom. The van der Waals surface area contributed by atoms with E-state index >= 15 is 0 Å². The summed E-state index contributed by atoms with van der Waals surface area (Å²) in [5.41, 5.74) is 0. The molecule has 5 heteroatoms. The summed E-state index contributed by atoms with van der Waals surface area (Å²) >= 11 is 0. The van der Waals surface area contributed by atoms with Crippen molar-refractivity contribution < 1.29 is 4.79 Å². The molecule has 0 saturated carbocycles. The molecule has 82 valence electrons. The zero-order chi connectivity index (χ0) is 10.7. The normalized spacial score (nSPS) is 22.9. The van der Waals surface area contributed by atoms with Crippen molar-refractivity contribution in [3.05, 3.63) is 12.2 Å². The van der Waals surface area contributed by atoms with Crippen LogP contribution in [0.5, 0.6) is 0 Å². The predicted octanol–water partition coefficient (Wildman–Crippen LogP) is 0.368. The highest BCUT2D eigenvalue weighted by Crippen LogP contribution is 2.17. The number of aryl methyl sites for hydroxylation is 1. The average molecular weight is 208 g/mol. The Labute approximate surface area is 89.1 Å². The third-order valence-corrected chi connectivity index (χ3v) is 2.97. The molecule has 1 aromatic heterocycles. The van der Waals surface area contributed by atoms with Crippen molar-refractivity contribution in [2.45, 2.75) is 31.8 Å². The molecule has 0 aromatic carbocycles. The lowest BCUT2D eigenvalue weighted by Gasteiger charge is -2.31. The highest BCUT2D eigenvalue weighted by atomic mass is 16.1. The number of carbonyl (C=O) groups is 1. The zero-order valence-corrected chi connectivity index (χ0v) is 8.96. The lowest BCUT2D eigenvalue weighted by molar-refractivity contribution is -0.113. The van der Waals surface area contributed by atoms with Gasteiger partial charge in [-0.25, -0.2) is 4.98 Å². The molecule has 0 bridgehead atoms. The molecular weight excluding hydrogens is 192 g/mol. The second-order valence-electron chi connectivity index (χ2n) is 3.97. The molecule has 1 saturated heterocycles. The van der Waals surface area contributed by atoms with Gasteiger partial charge in [-0.3, -0.25) is 9.58 Å². The van der Waals surface area contributed by atoms with Crippen molar-refractivity contribution in [2.24, 2.45) is 7.05 Å². The Balaban J connectivity index is 2.03. The molecule has 2 rings (SSSR count). The van der Waals surface area contributed by atoms with Crippen LogP contribution in [0.25, 0.3) is 0 Å². The minimum atomic E-state index is 0.0652. The summed E-state index contributed by atoms with van der Waals surface area (Å²) in [7, 11) is 1.88. The van der Waals surface area contributed by atoms with E-state index in [4.69, 9.17) is 0 Å². The van der Waals surface area contributed by atoms with Crippen LogP contribution in [0.1, 0.15) is 25.1 Å². The topological polar surface area (TPSA) is 51.0 Å². The Kier molecular flexibility index (Phi) is 3.11. The third kappa shape index (κ3) is 2.23. The molecule has 0 amide bonds. The van der Waals surface area contributed by atoms with Crippen molar-refractivity contribution >= 4 is 6.29 Å². The van der Waals surface area contributed by atoms with E-state index in [1.165, 1.54) is 6.42 Å². The maximum atomic E-state index is 10.9. The van der Waals surface area contributed by atoms with E-state index in [-0.39, 0.29) is 6.04 Å². The summed E-state index contributed by atoms with van der Waals surface area (Å²) in [5, 5.41) is 4.02. The van der Waals surface area contributed by atoms with Crippen LogP contribution >= 0.6 is 0 Å². The number of likely N-dealkylation sites (tertiary alicyclic amines) is 1. The second kappa shape index (κ2) is 4.53. The number of carbonyl (C=O) groups excluding carboxylic acids is 1. The van der Waals surface area contributed by atoms with E-state index in [2.05, 4.69) is 15.0 Å². The van der Waals surface area contributed by atoms with E-state index in [0.29, 0.717) is 0 Å². The summed E-state index contributed by atoms with van der Waals surface area (Å²) in [4.78, 5) is 17.3. The number of hydrogen-bond donors (Lipinski definition) is 0.